The van der Waals surface area contributed by atoms with Crippen LogP contribution in [0.3, 0.4) is 0 Å². The zero-order valence-corrected chi connectivity index (χ0v) is 18.6. The molecule has 1 heterocycles. The van der Waals surface area contributed by atoms with Crippen LogP contribution in [-0.4, -0.2) is 29.0 Å². The Balaban J connectivity index is 1.95. The number of nitrogens with zero attached hydrogens (tertiary/aromatic N) is 1. The number of aryl methyl sites for hydroxylation is 1. The lowest BCUT2D eigenvalue weighted by atomic mass is 9.93. The van der Waals surface area contributed by atoms with E-state index in [4.69, 9.17) is 4.74 Å². The van der Waals surface area contributed by atoms with Gasteiger partial charge in [0.05, 0.1) is 24.3 Å². The Morgan fingerprint density at radius 1 is 1.00 bits per heavy atom. The Labute approximate surface area is 198 Å². The molecule has 3 aromatic carbocycles. The molecule has 0 aliphatic carbocycles. The lowest BCUT2D eigenvalue weighted by Crippen LogP contribution is -2.29. The van der Waals surface area contributed by atoms with Crippen molar-refractivity contribution in [3.8, 4) is 11.5 Å². The minimum atomic E-state index is -4.67. The first-order chi connectivity index (χ1) is 16.5. The molecule has 0 spiro atoms. The Morgan fingerprint density at radius 3 is 2.29 bits per heavy atom. The number of carbonyl (C=O) groups is 2. The number of methoxy groups -OCH3 is 1. The van der Waals surface area contributed by atoms with Gasteiger partial charge in [-0.1, -0.05) is 18.2 Å². The predicted molar refractivity (Wildman–Crippen MR) is 122 cm³/mol. The number of alkyl halides is 3. The molecule has 6 nitrogen and oxygen atoms in total. The van der Waals surface area contributed by atoms with Crippen LogP contribution in [-0.2, 0) is 15.8 Å². The number of aliphatic hydroxyl groups is 1. The summed E-state index contributed by atoms with van der Waals surface area (Å²) < 4.78 is 45.3. The zero-order chi connectivity index (χ0) is 25.5. The standard InChI is InChI=1S/C26H20F3NO5/c1-14-12-19(35-2)10-11-20(14)23(32)21-22(15-6-8-18(31)9-7-15)30(25(34)24(21)33)17-5-3-4-16(13-17)26(27,28)29/h3-13,22,31-32H,1-2H3/b23-21-. The molecule has 4 rings (SSSR count). The number of hydrogen-bond donors (Lipinski definition) is 2. The lowest BCUT2D eigenvalue weighted by Gasteiger charge is -2.26. The number of ketones is 1. The Hall–Kier alpha value is -4.27. The van der Waals surface area contributed by atoms with Gasteiger partial charge in [-0.15, -0.1) is 0 Å². The van der Waals surface area contributed by atoms with Crippen molar-refractivity contribution in [3.63, 3.8) is 0 Å². The predicted octanol–water partition coefficient (Wildman–Crippen LogP) is 5.35. The molecule has 180 valence electrons. The van der Waals surface area contributed by atoms with Crippen molar-refractivity contribution in [2.24, 2.45) is 0 Å². The average Bonchev–Trinajstić information content (AvgIpc) is 3.09. The summed E-state index contributed by atoms with van der Waals surface area (Å²) in [6.07, 6.45) is -4.67. The average molecular weight is 483 g/mol. The number of carbonyl (C=O) groups excluding carboxylic acids is 2. The number of aromatic hydroxyl groups is 1. The summed E-state index contributed by atoms with van der Waals surface area (Å²) in [7, 11) is 1.47. The van der Waals surface area contributed by atoms with E-state index in [9.17, 15) is 33.0 Å². The molecule has 1 saturated heterocycles. The maximum atomic E-state index is 13.4. The molecule has 0 radical (unpaired) electrons. The molecule has 1 fully saturated rings. The molecular weight excluding hydrogens is 463 g/mol. The van der Waals surface area contributed by atoms with Crippen molar-refractivity contribution in [1.82, 2.24) is 0 Å². The summed E-state index contributed by atoms with van der Waals surface area (Å²) in [5, 5.41) is 20.9. The van der Waals surface area contributed by atoms with Crippen LogP contribution >= 0.6 is 0 Å². The first-order valence-electron chi connectivity index (χ1n) is 10.4. The highest BCUT2D eigenvalue weighted by atomic mass is 19.4. The van der Waals surface area contributed by atoms with Crippen LogP contribution in [0, 0.1) is 6.92 Å². The highest BCUT2D eigenvalue weighted by Crippen LogP contribution is 2.44. The zero-order valence-electron chi connectivity index (χ0n) is 18.6. The van der Waals surface area contributed by atoms with E-state index in [0.29, 0.717) is 16.9 Å². The number of Topliss-reactive ketones (excluding diaryl/α,β-unsaturated/α-hetero) is 1. The minimum absolute atomic E-state index is 0.0873. The van der Waals surface area contributed by atoms with E-state index >= 15 is 0 Å². The van der Waals surface area contributed by atoms with E-state index in [-0.39, 0.29) is 22.6 Å². The summed E-state index contributed by atoms with van der Waals surface area (Å²) in [5.41, 5.74) is -0.315. The van der Waals surface area contributed by atoms with Gasteiger partial charge in [-0.2, -0.15) is 13.2 Å². The molecule has 35 heavy (non-hydrogen) atoms. The highest BCUT2D eigenvalue weighted by molar-refractivity contribution is 6.51. The van der Waals surface area contributed by atoms with Gasteiger partial charge < -0.3 is 14.9 Å². The lowest BCUT2D eigenvalue weighted by molar-refractivity contribution is -0.137. The maximum Gasteiger partial charge on any atom is 0.416 e. The Morgan fingerprint density at radius 2 is 1.69 bits per heavy atom. The van der Waals surface area contributed by atoms with Crippen molar-refractivity contribution in [2.45, 2.75) is 19.1 Å². The largest absolute Gasteiger partial charge is 0.508 e. The molecular formula is C26H20F3NO5. The number of phenols is 1. The minimum Gasteiger partial charge on any atom is -0.508 e. The van der Waals surface area contributed by atoms with Crippen molar-refractivity contribution in [3.05, 3.63) is 94.6 Å². The van der Waals surface area contributed by atoms with Gasteiger partial charge in [0, 0.05) is 11.3 Å². The third-order valence-electron chi connectivity index (χ3n) is 5.79. The molecule has 1 aliphatic rings. The van der Waals surface area contributed by atoms with Crippen LogP contribution in [0.5, 0.6) is 11.5 Å². The SMILES string of the molecule is COc1ccc(/C(O)=C2/C(=O)C(=O)N(c3cccc(C(F)(F)F)c3)C2c2ccc(O)cc2)c(C)c1. The van der Waals surface area contributed by atoms with Gasteiger partial charge in [0.25, 0.3) is 11.7 Å². The molecule has 1 atom stereocenters. The van der Waals surface area contributed by atoms with Gasteiger partial charge in [0.2, 0.25) is 0 Å². The summed E-state index contributed by atoms with van der Waals surface area (Å²) in [6, 6.07) is 13.0. The van der Waals surface area contributed by atoms with Gasteiger partial charge in [-0.05, 0) is 66.6 Å². The van der Waals surface area contributed by atoms with Crippen LogP contribution in [0.15, 0.2) is 72.3 Å². The van der Waals surface area contributed by atoms with E-state index in [0.717, 1.165) is 23.1 Å². The molecule has 1 amide bonds. The fourth-order valence-corrected chi connectivity index (χ4v) is 4.08. The van der Waals surface area contributed by atoms with Crippen molar-refractivity contribution in [1.29, 1.82) is 0 Å². The number of benzene rings is 3. The summed E-state index contributed by atoms with van der Waals surface area (Å²) in [6.45, 7) is 1.68. The van der Waals surface area contributed by atoms with Gasteiger partial charge in [0.15, 0.2) is 0 Å². The normalized spacial score (nSPS) is 17.6. The molecule has 1 aliphatic heterocycles. The molecule has 2 N–H and O–H groups in total. The van der Waals surface area contributed by atoms with E-state index in [2.05, 4.69) is 0 Å². The molecule has 0 bridgehead atoms. The monoisotopic (exact) mass is 483 g/mol. The number of halogens is 3. The van der Waals surface area contributed by atoms with Gasteiger partial charge in [-0.3, -0.25) is 14.5 Å². The second-order valence-corrected chi connectivity index (χ2v) is 7.99. The van der Waals surface area contributed by atoms with Crippen molar-refractivity contribution in [2.75, 3.05) is 12.0 Å². The number of phenolic OH excluding ortho intramolecular Hbond substituents is 1. The third-order valence-corrected chi connectivity index (χ3v) is 5.79. The Bertz CT molecular complexity index is 1350. The van der Waals surface area contributed by atoms with E-state index in [1.807, 2.05) is 0 Å². The van der Waals surface area contributed by atoms with Crippen LogP contribution in [0.2, 0.25) is 0 Å². The summed E-state index contributed by atoms with van der Waals surface area (Å²) in [5.74, 6) is -2.19. The Kier molecular flexibility index (Phi) is 6.02. The van der Waals surface area contributed by atoms with Crippen LogP contribution in [0.1, 0.15) is 28.3 Å². The molecule has 9 heteroatoms. The fraction of sp³-hybridized carbons (Fsp3) is 0.154. The topological polar surface area (TPSA) is 87.1 Å². The first kappa shape index (κ1) is 23.9. The molecule has 0 aromatic heterocycles. The van der Waals surface area contributed by atoms with Crippen LogP contribution in [0.25, 0.3) is 5.76 Å². The quantitative estimate of drug-likeness (QED) is 0.297. The van der Waals surface area contributed by atoms with Gasteiger partial charge in [-0.25, -0.2) is 0 Å². The number of anilines is 1. The number of aliphatic hydroxyl groups excluding tert-OH is 1. The highest BCUT2D eigenvalue weighted by Gasteiger charge is 2.47. The first-order valence-corrected chi connectivity index (χ1v) is 10.4. The number of rotatable bonds is 4. The summed E-state index contributed by atoms with van der Waals surface area (Å²) >= 11 is 0. The maximum absolute atomic E-state index is 13.4. The van der Waals surface area contributed by atoms with Crippen molar-refractivity contribution < 1.29 is 37.7 Å². The number of ether oxygens (including phenoxy) is 1. The van der Waals surface area contributed by atoms with Crippen LogP contribution < -0.4 is 9.64 Å². The summed E-state index contributed by atoms with van der Waals surface area (Å²) in [4.78, 5) is 27.2. The molecule has 0 saturated carbocycles. The van der Waals surface area contributed by atoms with Gasteiger partial charge in [0.1, 0.15) is 17.3 Å². The number of amides is 1. The van der Waals surface area contributed by atoms with E-state index < -0.39 is 35.2 Å². The second kappa shape index (κ2) is 8.83. The third kappa shape index (κ3) is 4.32. The van der Waals surface area contributed by atoms with Crippen LogP contribution in [0.4, 0.5) is 18.9 Å². The molecule has 3 aromatic rings. The van der Waals surface area contributed by atoms with Gasteiger partial charge >= 0.3 is 6.18 Å². The molecule has 1 unspecified atom stereocenters. The second-order valence-electron chi connectivity index (χ2n) is 7.99. The smallest absolute Gasteiger partial charge is 0.416 e. The van der Waals surface area contributed by atoms with E-state index in [1.54, 1.807) is 19.1 Å². The van der Waals surface area contributed by atoms with Crippen molar-refractivity contribution >= 4 is 23.1 Å². The fourth-order valence-electron chi connectivity index (χ4n) is 4.08. The van der Waals surface area contributed by atoms with E-state index in [1.165, 1.54) is 43.5 Å². The number of hydrogen-bond acceptors (Lipinski definition) is 5.